The molecule has 1 heterocycles. The summed E-state index contributed by atoms with van der Waals surface area (Å²) < 4.78 is 14.2. The van der Waals surface area contributed by atoms with E-state index in [2.05, 4.69) is 26.6 Å². The molecule has 0 radical (unpaired) electrons. The predicted molar refractivity (Wildman–Crippen MR) is 68.3 cm³/mol. The van der Waals surface area contributed by atoms with Gasteiger partial charge in [-0.05, 0) is 30.7 Å². The normalized spacial score (nSPS) is 23.7. The standard InChI is InChI=1S/C12H14BrFN2O/c1-7-5-15-6-9(7)12(17)16-11-4-8(13)2-3-10(11)14/h2-4,7,9,15H,5-6H2,1H3,(H,16,17). The number of carbonyl (C=O) groups excluding carboxylic acids is 1. The summed E-state index contributed by atoms with van der Waals surface area (Å²) in [6.45, 7) is 3.50. The Balaban J connectivity index is 2.10. The van der Waals surface area contributed by atoms with Gasteiger partial charge in [-0.15, -0.1) is 0 Å². The van der Waals surface area contributed by atoms with E-state index in [9.17, 15) is 9.18 Å². The number of carbonyl (C=O) groups is 1. The molecule has 92 valence electrons. The van der Waals surface area contributed by atoms with Crippen LogP contribution in [0.3, 0.4) is 0 Å². The predicted octanol–water partition coefficient (Wildman–Crippen LogP) is 2.38. The highest BCUT2D eigenvalue weighted by Gasteiger charge is 2.29. The topological polar surface area (TPSA) is 41.1 Å². The molecule has 2 N–H and O–H groups in total. The van der Waals surface area contributed by atoms with E-state index in [0.717, 1.165) is 11.0 Å². The Morgan fingerprint density at radius 3 is 2.94 bits per heavy atom. The molecule has 0 aliphatic carbocycles. The summed E-state index contributed by atoms with van der Waals surface area (Å²) >= 11 is 3.25. The second-order valence-electron chi connectivity index (χ2n) is 4.36. The fraction of sp³-hybridized carbons (Fsp3) is 0.417. The molecule has 2 unspecified atom stereocenters. The quantitative estimate of drug-likeness (QED) is 0.880. The first kappa shape index (κ1) is 12.5. The van der Waals surface area contributed by atoms with Gasteiger partial charge in [0.05, 0.1) is 11.6 Å². The molecule has 1 aliphatic rings. The molecule has 5 heteroatoms. The van der Waals surface area contributed by atoms with Crippen LogP contribution in [0.1, 0.15) is 6.92 Å². The molecule has 0 aromatic heterocycles. The molecular formula is C12H14BrFN2O. The van der Waals surface area contributed by atoms with Gasteiger partial charge in [0.1, 0.15) is 5.82 Å². The molecule has 1 aliphatic heterocycles. The van der Waals surface area contributed by atoms with E-state index in [0.29, 0.717) is 6.54 Å². The highest BCUT2D eigenvalue weighted by molar-refractivity contribution is 9.10. The molecule has 1 aromatic rings. The first-order chi connectivity index (χ1) is 8.08. The zero-order chi connectivity index (χ0) is 12.4. The van der Waals surface area contributed by atoms with Crippen molar-refractivity contribution in [2.24, 2.45) is 11.8 Å². The number of amides is 1. The van der Waals surface area contributed by atoms with E-state index in [1.807, 2.05) is 6.92 Å². The summed E-state index contributed by atoms with van der Waals surface area (Å²) in [5.74, 6) is -0.349. The molecule has 1 amide bonds. The van der Waals surface area contributed by atoms with Gasteiger partial charge >= 0.3 is 0 Å². The zero-order valence-electron chi connectivity index (χ0n) is 9.47. The van der Waals surface area contributed by atoms with Crippen LogP contribution in [-0.4, -0.2) is 19.0 Å². The first-order valence-corrected chi connectivity index (χ1v) is 6.34. The molecule has 0 spiro atoms. The van der Waals surface area contributed by atoms with Crippen LogP contribution in [0.15, 0.2) is 22.7 Å². The molecular weight excluding hydrogens is 287 g/mol. The van der Waals surface area contributed by atoms with Gasteiger partial charge in [0.25, 0.3) is 0 Å². The maximum Gasteiger partial charge on any atom is 0.229 e. The minimum atomic E-state index is -0.417. The van der Waals surface area contributed by atoms with E-state index in [4.69, 9.17) is 0 Å². The van der Waals surface area contributed by atoms with Crippen molar-refractivity contribution in [3.05, 3.63) is 28.5 Å². The summed E-state index contributed by atoms with van der Waals surface area (Å²) in [5, 5.41) is 5.79. The van der Waals surface area contributed by atoms with Gasteiger partial charge in [-0.3, -0.25) is 4.79 Å². The molecule has 1 aromatic carbocycles. The Bertz CT molecular complexity index is 439. The van der Waals surface area contributed by atoms with Crippen molar-refractivity contribution in [2.45, 2.75) is 6.92 Å². The second-order valence-corrected chi connectivity index (χ2v) is 5.27. The fourth-order valence-electron chi connectivity index (χ4n) is 1.98. The second kappa shape index (κ2) is 5.14. The molecule has 17 heavy (non-hydrogen) atoms. The number of nitrogens with one attached hydrogen (secondary N) is 2. The van der Waals surface area contributed by atoms with Gasteiger partial charge in [0, 0.05) is 11.0 Å². The smallest absolute Gasteiger partial charge is 0.229 e. The Hall–Kier alpha value is -0.940. The first-order valence-electron chi connectivity index (χ1n) is 5.54. The number of anilines is 1. The Kier molecular flexibility index (Phi) is 3.79. The maximum atomic E-state index is 13.5. The molecule has 0 bridgehead atoms. The number of halogens is 2. The summed E-state index contributed by atoms with van der Waals surface area (Å²) in [7, 11) is 0. The van der Waals surface area contributed by atoms with Crippen molar-refractivity contribution >= 4 is 27.5 Å². The third kappa shape index (κ3) is 2.84. The summed E-state index contributed by atoms with van der Waals surface area (Å²) in [6.07, 6.45) is 0. The van der Waals surface area contributed by atoms with Crippen LogP contribution in [0.25, 0.3) is 0 Å². The van der Waals surface area contributed by atoms with Crippen molar-refractivity contribution < 1.29 is 9.18 Å². The third-order valence-electron chi connectivity index (χ3n) is 3.04. The van der Waals surface area contributed by atoms with E-state index >= 15 is 0 Å². The van der Waals surface area contributed by atoms with Crippen LogP contribution in [0.5, 0.6) is 0 Å². The summed E-state index contributed by atoms with van der Waals surface area (Å²) in [6, 6.07) is 4.50. The lowest BCUT2D eigenvalue weighted by Gasteiger charge is -2.14. The van der Waals surface area contributed by atoms with Crippen LogP contribution in [-0.2, 0) is 4.79 Å². The zero-order valence-corrected chi connectivity index (χ0v) is 11.1. The minimum absolute atomic E-state index is 0.0895. The maximum absolute atomic E-state index is 13.5. The van der Waals surface area contributed by atoms with Crippen molar-refractivity contribution in [3.8, 4) is 0 Å². The number of rotatable bonds is 2. The van der Waals surface area contributed by atoms with E-state index < -0.39 is 5.82 Å². The lowest BCUT2D eigenvalue weighted by atomic mass is 9.97. The van der Waals surface area contributed by atoms with Crippen LogP contribution < -0.4 is 10.6 Å². The minimum Gasteiger partial charge on any atom is -0.323 e. The Morgan fingerprint density at radius 2 is 2.29 bits per heavy atom. The lowest BCUT2D eigenvalue weighted by Crippen LogP contribution is -2.28. The van der Waals surface area contributed by atoms with Gasteiger partial charge < -0.3 is 10.6 Å². The Morgan fingerprint density at radius 1 is 1.53 bits per heavy atom. The van der Waals surface area contributed by atoms with E-state index in [1.165, 1.54) is 6.07 Å². The van der Waals surface area contributed by atoms with Gasteiger partial charge in [-0.1, -0.05) is 22.9 Å². The van der Waals surface area contributed by atoms with E-state index in [1.54, 1.807) is 12.1 Å². The average molecular weight is 301 g/mol. The van der Waals surface area contributed by atoms with Gasteiger partial charge in [-0.2, -0.15) is 0 Å². The van der Waals surface area contributed by atoms with Crippen LogP contribution in [0.4, 0.5) is 10.1 Å². The third-order valence-corrected chi connectivity index (χ3v) is 3.53. The number of hydrogen-bond acceptors (Lipinski definition) is 2. The SMILES string of the molecule is CC1CNCC1C(=O)Nc1cc(Br)ccc1F. The van der Waals surface area contributed by atoms with Crippen LogP contribution in [0.2, 0.25) is 0 Å². The molecule has 1 fully saturated rings. The van der Waals surface area contributed by atoms with Crippen molar-refractivity contribution in [2.75, 3.05) is 18.4 Å². The summed E-state index contributed by atoms with van der Waals surface area (Å²) in [4.78, 5) is 12.0. The molecule has 3 nitrogen and oxygen atoms in total. The molecule has 1 saturated heterocycles. The van der Waals surface area contributed by atoms with Gasteiger partial charge in [0.15, 0.2) is 0 Å². The monoisotopic (exact) mass is 300 g/mol. The molecule has 0 saturated carbocycles. The van der Waals surface area contributed by atoms with Crippen LogP contribution >= 0.6 is 15.9 Å². The van der Waals surface area contributed by atoms with Gasteiger partial charge in [-0.25, -0.2) is 4.39 Å². The van der Waals surface area contributed by atoms with Crippen molar-refractivity contribution in [3.63, 3.8) is 0 Å². The Labute approximate surface area is 108 Å². The highest BCUT2D eigenvalue weighted by atomic mass is 79.9. The molecule has 2 rings (SSSR count). The van der Waals surface area contributed by atoms with Crippen molar-refractivity contribution in [1.82, 2.24) is 5.32 Å². The van der Waals surface area contributed by atoms with Gasteiger partial charge in [0.2, 0.25) is 5.91 Å². The largest absolute Gasteiger partial charge is 0.323 e. The van der Waals surface area contributed by atoms with Crippen molar-refractivity contribution in [1.29, 1.82) is 0 Å². The highest BCUT2D eigenvalue weighted by Crippen LogP contribution is 2.23. The van der Waals surface area contributed by atoms with E-state index in [-0.39, 0.29) is 23.4 Å². The number of hydrogen-bond donors (Lipinski definition) is 2. The summed E-state index contributed by atoms with van der Waals surface area (Å²) in [5.41, 5.74) is 0.225. The lowest BCUT2D eigenvalue weighted by molar-refractivity contribution is -0.120. The van der Waals surface area contributed by atoms with Crippen LogP contribution in [0, 0.1) is 17.7 Å². The fourth-order valence-corrected chi connectivity index (χ4v) is 2.34. The number of benzene rings is 1. The molecule has 2 atom stereocenters. The average Bonchev–Trinajstić information content (AvgIpc) is 2.70.